The summed E-state index contributed by atoms with van der Waals surface area (Å²) in [7, 11) is 0. The number of carbonyl (C=O) groups excluding carboxylic acids is 4. The molecule has 2 aromatic carbocycles. The molecule has 40 heavy (non-hydrogen) atoms. The van der Waals surface area contributed by atoms with Gasteiger partial charge in [0.2, 0.25) is 6.10 Å². The highest BCUT2D eigenvalue weighted by Crippen LogP contribution is 2.21. The van der Waals surface area contributed by atoms with E-state index >= 15 is 0 Å². The van der Waals surface area contributed by atoms with Crippen LogP contribution in [-0.2, 0) is 25.5 Å². The zero-order valence-corrected chi connectivity index (χ0v) is 23.2. The first-order valence-electron chi connectivity index (χ1n) is 13.2. The summed E-state index contributed by atoms with van der Waals surface area (Å²) in [5.41, 5.74) is 9.13. The van der Waals surface area contributed by atoms with E-state index in [1.54, 1.807) is 20.8 Å². The van der Waals surface area contributed by atoms with Gasteiger partial charge in [-0.2, -0.15) is 5.10 Å². The van der Waals surface area contributed by atoms with Crippen molar-refractivity contribution >= 4 is 23.6 Å². The number of nitrogens with one attached hydrogen (secondary N) is 2. The van der Waals surface area contributed by atoms with Crippen molar-refractivity contribution in [1.29, 1.82) is 0 Å². The third kappa shape index (κ3) is 8.34. The molecular weight excluding hydrogens is 512 g/mol. The highest BCUT2D eigenvalue weighted by atomic mass is 16.6. The van der Waals surface area contributed by atoms with Gasteiger partial charge in [0.1, 0.15) is 17.4 Å². The molecule has 1 aromatic heterocycles. The Hall–Kier alpha value is -4.31. The predicted octanol–water partition coefficient (Wildman–Crippen LogP) is 3.47. The molecule has 0 spiro atoms. The quantitative estimate of drug-likeness (QED) is 0.217. The van der Waals surface area contributed by atoms with E-state index < -0.39 is 36.0 Å². The molecule has 4 N–H and O–H groups in total. The molecule has 0 fully saturated rings. The number of aromatic amines is 1. The number of esters is 2. The van der Waals surface area contributed by atoms with E-state index in [-0.39, 0.29) is 36.1 Å². The van der Waals surface area contributed by atoms with Crippen molar-refractivity contribution < 1.29 is 28.7 Å². The molecule has 1 amide bonds. The molecule has 10 heteroatoms. The largest absolute Gasteiger partial charge is 0.463 e. The summed E-state index contributed by atoms with van der Waals surface area (Å²) in [5.74, 6) is -2.49. The number of nitrogens with two attached hydrogens (primary N) is 1. The molecular formula is C30H36N4O6. The van der Waals surface area contributed by atoms with Crippen LogP contribution in [0, 0.1) is 5.92 Å². The predicted molar refractivity (Wildman–Crippen MR) is 149 cm³/mol. The van der Waals surface area contributed by atoms with E-state index in [1.807, 2.05) is 54.6 Å². The lowest BCUT2D eigenvalue weighted by atomic mass is 9.97. The molecule has 1 heterocycles. The lowest BCUT2D eigenvalue weighted by molar-refractivity contribution is -0.169. The van der Waals surface area contributed by atoms with E-state index in [0.717, 1.165) is 16.7 Å². The van der Waals surface area contributed by atoms with Gasteiger partial charge in [-0.1, -0.05) is 68.4 Å². The highest BCUT2D eigenvalue weighted by molar-refractivity contribution is 5.97. The van der Waals surface area contributed by atoms with E-state index in [2.05, 4.69) is 15.5 Å². The van der Waals surface area contributed by atoms with Gasteiger partial charge < -0.3 is 20.5 Å². The van der Waals surface area contributed by atoms with Crippen molar-refractivity contribution in [2.24, 2.45) is 11.7 Å². The summed E-state index contributed by atoms with van der Waals surface area (Å²) in [6.45, 7) is 6.62. The summed E-state index contributed by atoms with van der Waals surface area (Å²) in [6, 6.07) is 17.5. The Bertz CT molecular complexity index is 1300. The molecule has 0 aliphatic rings. The second-order valence-corrected chi connectivity index (χ2v) is 9.84. The Balaban J connectivity index is 1.86. The Morgan fingerprint density at radius 2 is 1.62 bits per heavy atom. The van der Waals surface area contributed by atoms with Crippen LogP contribution in [0.25, 0.3) is 11.1 Å². The molecule has 3 aromatic rings. The van der Waals surface area contributed by atoms with Gasteiger partial charge in [-0.25, -0.2) is 4.79 Å². The number of ketones is 1. The van der Waals surface area contributed by atoms with Crippen LogP contribution in [0.5, 0.6) is 0 Å². The number of aromatic nitrogens is 2. The number of H-pyrrole nitrogens is 1. The summed E-state index contributed by atoms with van der Waals surface area (Å²) < 4.78 is 10.7. The van der Waals surface area contributed by atoms with Crippen LogP contribution in [0.3, 0.4) is 0 Å². The van der Waals surface area contributed by atoms with Gasteiger partial charge in [-0.3, -0.25) is 19.5 Å². The second-order valence-electron chi connectivity index (χ2n) is 9.84. The molecule has 0 saturated carbocycles. The van der Waals surface area contributed by atoms with E-state index in [4.69, 9.17) is 15.2 Å². The number of amides is 1. The number of Topliss-reactive ketones (excluding diaryl/α,β-unsaturated/α-hetero) is 1. The first-order valence-corrected chi connectivity index (χ1v) is 13.2. The van der Waals surface area contributed by atoms with Crippen molar-refractivity contribution in [2.45, 2.75) is 58.7 Å². The topological polar surface area (TPSA) is 153 Å². The van der Waals surface area contributed by atoms with E-state index in [0.29, 0.717) is 6.42 Å². The summed E-state index contributed by atoms with van der Waals surface area (Å²) >= 11 is 0. The zero-order chi connectivity index (χ0) is 29.2. The minimum absolute atomic E-state index is 0.0603. The van der Waals surface area contributed by atoms with Gasteiger partial charge in [0.25, 0.3) is 5.91 Å². The smallest absolute Gasteiger partial charge is 0.347 e. The summed E-state index contributed by atoms with van der Waals surface area (Å²) in [4.78, 5) is 50.1. The number of nitrogens with zero attached hydrogens (tertiary/aromatic N) is 1. The fourth-order valence-electron chi connectivity index (χ4n) is 4.00. The number of carbonyl (C=O) groups is 4. The van der Waals surface area contributed by atoms with Crippen molar-refractivity contribution in [3.05, 3.63) is 77.6 Å². The van der Waals surface area contributed by atoms with E-state index in [1.165, 1.54) is 13.0 Å². The monoisotopic (exact) mass is 548 g/mol. The average Bonchev–Trinajstić information content (AvgIpc) is 3.44. The van der Waals surface area contributed by atoms with Gasteiger partial charge >= 0.3 is 11.9 Å². The van der Waals surface area contributed by atoms with Gasteiger partial charge in [0.05, 0.1) is 6.61 Å². The third-order valence-electron chi connectivity index (χ3n) is 6.36. The number of ether oxygens (including phenoxy) is 2. The Kier molecular flexibility index (Phi) is 10.7. The molecule has 10 nitrogen and oxygen atoms in total. The molecule has 3 rings (SSSR count). The zero-order valence-electron chi connectivity index (χ0n) is 23.2. The molecule has 0 bridgehead atoms. The minimum atomic E-state index is -1.29. The third-order valence-corrected chi connectivity index (χ3v) is 6.36. The number of hydrogen-bond acceptors (Lipinski definition) is 8. The standard InChI is InChI=1S/C30H36N4O6/c1-5-39-29(37)26(40-30(38)27(31)18(2)3)16-23(32-28(36)25-17-24(19(4)35)33-34-25)15-20-11-13-22(14-12-20)21-9-7-6-8-10-21/h6-14,17-18,23,26-27H,5,15-16,31H2,1-4H3,(H,32,36)(H,33,34). The molecule has 0 radical (unpaired) electrons. The van der Waals surface area contributed by atoms with Crippen molar-refractivity contribution in [3.8, 4) is 11.1 Å². The van der Waals surface area contributed by atoms with Crippen LogP contribution >= 0.6 is 0 Å². The fraction of sp³-hybridized carbons (Fsp3) is 0.367. The maximum Gasteiger partial charge on any atom is 0.347 e. The maximum absolute atomic E-state index is 13.1. The minimum Gasteiger partial charge on any atom is -0.463 e. The SMILES string of the molecule is CCOC(=O)C(CC(Cc1ccc(-c2ccccc2)cc1)NC(=O)c1cc(C(C)=O)n[nH]1)OC(=O)C(N)C(C)C. The first kappa shape index (κ1) is 30.2. The Morgan fingerprint density at radius 1 is 0.975 bits per heavy atom. The lowest BCUT2D eigenvalue weighted by Gasteiger charge is -2.25. The van der Waals surface area contributed by atoms with Gasteiger partial charge in [-0.05, 0) is 42.0 Å². The molecule has 0 aliphatic heterocycles. The maximum atomic E-state index is 13.1. The molecule has 3 atom stereocenters. The van der Waals surface area contributed by atoms with Crippen LogP contribution in [0.1, 0.15) is 60.7 Å². The van der Waals surface area contributed by atoms with Crippen molar-refractivity contribution in [1.82, 2.24) is 15.5 Å². The Labute approximate surface area is 233 Å². The van der Waals surface area contributed by atoms with Crippen LogP contribution in [0.15, 0.2) is 60.7 Å². The fourth-order valence-corrected chi connectivity index (χ4v) is 4.00. The van der Waals surface area contributed by atoms with Crippen molar-refractivity contribution in [3.63, 3.8) is 0 Å². The summed E-state index contributed by atoms with van der Waals surface area (Å²) in [5, 5.41) is 9.31. The molecule has 0 saturated heterocycles. The van der Waals surface area contributed by atoms with Crippen LogP contribution in [-0.4, -0.2) is 58.6 Å². The first-order chi connectivity index (χ1) is 19.1. The van der Waals surface area contributed by atoms with E-state index in [9.17, 15) is 19.2 Å². The van der Waals surface area contributed by atoms with Crippen molar-refractivity contribution in [2.75, 3.05) is 6.61 Å². The van der Waals surface area contributed by atoms with Crippen LogP contribution in [0.2, 0.25) is 0 Å². The van der Waals surface area contributed by atoms with Gasteiger partial charge in [-0.15, -0.1) is 0 Å². The number of benzene rings is 2. The normalized spacial score (nSPS) is 13.2. The second kappa shape index (κ2) is 14.2. The number of rotatable bonds is 13. The van der Waals surface area contributed by atoms with Gasteiger partial charge in [0, 0.05) is 19.4 Å². The number of hydrogen-bond donors (Lipinski definition) is 3. The average molecular weight is 549 g/mol. The van der Waals surface area contributed by atoms with Crippen LogP contribution in [0.4, 0.5) is 0 Å². The molecule has 212 valence electrons. The summed E-state index contributed by atoms with van der Waals surface area (Å²) in [6.07, 6.45) is -1.03. The lowest BCUT2D eigenvalue weighted by Crippen LogP contribution is -2.45. The molecule has 0 aliphatic carbocycles. The van der Waals surface area contributed by atoms with Crippen LogP contribution < -0.4 is 11.1 Å². The molecule has 3 unspecified atom stereocenters. The highest BCUT2D eigenvalue weighted by Gasteiger charge is 2.32. The van der Waals surface area contributed by atoms with Gasteiger partial charge in [0.15, 0.2) is 5.78 Å². The Morgan fingerprint density at radius 3 is 2.20 bits per heavy atom.